The Hall–Kier alpha value is -2.60. The van der Waals surface area contributed by atoms with Crippen LogP contribution in [0.3, 0.4) is 0 Å². The van der Waals surface area contributed by atoms with Gasteiger partial charge in [0, 0.05) is 0 Å². The molecule has 3 rings (SSSR count). The van der Waals surface area contributed by atoms with Crippen molar-refractivity contribution in [2.75, 3.05) is 12.9 Å². The van der Waals surface area contributed by atoms with Gasteiger partial charge in [-0.05, 0) is 36.8 Å². The first kappa shape index (κ1) is 16.3. The van der Waals surface area contributed by atoms with Crippen molar-refractivity contribution in [2.45, 2.75) is 6.92 Å². The van der Waals surface area contributed by atoms with Crippen LogP contribution in [0.25, 0.3) is 0 Å². The molecule has 1 saturated heterocycles. The van der Waals surface area contributed by atoms with Crippen LogP contribution in [0.5, 0.6) is 5.75 Å². The summed E-state index contributed by atoms with van der Waals surface area (Å²) in [5.41, 5.74) is 2.87. The monoisotopic (exact) mass is 339 g/mol. The molecule has 1 aliphatic rings. The molecule has 0 unspecified atom stereocenters. The van der Waals surface area contributed by atoms with E-state index in [0.717, 1.165) is 17.0 Å². The van der Waals surface area contributed by atoms with Crippen molar-refractivity contribution in [3.8, 4) is 5.75 Å². The lowest BCUT2D eigenvalue weighted by Gasteiger charge is -2.09. The first-order valence-electron chi connectivity index (χ1n) is 7.45. The summed E-state index contributed by atoms with van der Waals surface area (Å²) >= 11 is 1.38. The lowest BCUT2D eigenvalue weighted by molar-refractivity contribution is -0.124. The van der Waals surface area contributed by atoms with Crippen molar-refractivity contribution >= 4 is 34.7 Å². The molecule has 1 aliphatic heterocycles. The molecule has 5 nitrogen and oxygen atoms in total. The Morgan fingerprint density at radius 3 is 2.50 bits per heavy atom. The summed E-state index contributed by atoms with van der Waals surface area (Å²) in [5, 5.41) is 6.23. The van der Waals surface area contributed by atoms with E-state index in [1.807, 2.05) is 55.5 Å². The molecule has 2 aromatic carbocycles. The molecule has 0 radical (unpaired) electrons. The van der Waals surface area contributed by atoms with E-state index < -0.39 is 0 Å². The highest BCUT2D eigenvalue weighted by Crippen LogP contribution is 2.25. The number of aryl methyl sites for hydroxylation is 1. The number of aliphatic imine (C=N–C) groups is 1. The Labute approximate surface area is 145 Å². The quantitative estimate of drug-likeness (QED) is 0.800. The average Bonchev–Trinajstić information content (AvgIpc) is 2.95. The molecule has 0 aromatic heterocycles. The number of hydrogen-bond acceptors (Lipinski definition) is 5. The van der Waals surface area contributed by atoms with Crippen molar-refractivity contribution < 1.29 is 9.53 Å². The third-order valence-electron chi connectivity index (χ3n) is 3.44. The number of amides is 1. The fourth-order valence-electron chi connectivity index (χ4n) is 2.09. The zero-order valence-electron chi connectivity index (χ0n) is 13.5. The first-order valence-corrected chi connectivity index (χ1v) is 8.43. The largest absolute Gasteiger partial charge is 0.497 e. The summed E-state index contributed by atoms with van der Waals surface area (Å²) in [7, 11) is 1.62. The topological polar surface area (TPSA) is 54.3 Å². The number of hydrogen-bond donors (Lipinski definition) is 0. The fourth-order valence-corrected chi connectivity index (χ4v) is 2.91. The van der Waals surface area contributed by atoms with Gasteiger partial charge in [0.15, 0.2) is 5.17 Å². The van der Waals surface area contributed by atoms with Gasteiger partial charge < -0.3 is 4.74 Å². The van der Waals surface area contributed by atoms with Crippen LogP contribution < -0.4 is 4.74 Å². The maximum Gasteiger partial charge on any atom is 0.259 e. The molecule has 0 atom stereocenters. The molecule has 0 aliphatic carbocycles. The second-order valence-corrected chi connectivity index (χ2v) is 6.18. The zero-order chi connectivity index (χ0) is 16.9. The standard InChI is InChI=1S/C18H17N3O2S/c1-13-3-5-14(6-4-13)11-19-21-17(22)12-24-18(21)20-15-7-9-16(23-2)10-8-15/h3-11H,12H2,1-2H3/b19-11+,20-18?. The Bertz CT molecular complexity index is 783. The summed E-state index contributed by atoms with van der Waals surface area (Å²) in [6.07, 6.45) is 1.67. The van der Waals surface area contributed by atoms with Gasteiger partial charge in [-0.1, -0.05) is 41.6 Å². The maximum absolute atomic E-state index is 12.0. The summed E-state index contributed by atoms with van der Waals surface area (Å²) in [6, 6.07) is 15.3. The number of carbonyl (C=O) groups excluding carboxylic acids is 1. The van der Waals surface area contributed by atoms with Gasteiger partial charge in [-0.25, -0.2) is 4.99 Å². The highest BCUT2D eigenvalue weighted by Gasteiger charge is 2.28. The van der Waals surface area contributed by atoms with Gasteiger partial charge in [0.25, 0.3) is 5.91 Å². The van der Waals surface area contributed by atoms with Crippen LogP contribution in [-0.4, -0.2) is 35.2 Å². The predicted octanol–water partition coefficient (Wildman–Crippen LogP) is 3.60. The Morgan fingerprint density at radius 1 is 1.12 bits per heavy atom. The minimum absolute atomic E-state index is 0.0735. The van der Waals surface area contributed by atoms with Crippen molar-refractivity contribution in [3.63, 3.8) is 0 Å². The second kappa shape index (κ2) is 7.31. The number of amidine groups is 1. The lowest BCUT2D eigenvalue weighted by atomic mass is 10.2. The molecular weight excluding hydrogens is 322 g/mol. The van der Waals surface area contributed by atoms with E-state index >= 15 is 0 Å². The van der Waals surface area contributed by atoms with Gasteiger partial charge in [0.2, 0.25) is 0 Å². The minimum Gasteiger partial charge on any atom is -0.497 e. The first-order chi connectivity index (χ1) is 11.7. The van der Waals surface area contributed by atoms with Crippen LogP contribution in [0.15, 0.2) is 58.6 Å². The van der Waals surface area contributed by atoms with E-state index in [-0.39, 0.29) is 5.91 Å². The molecule has 0 saturated carbocycles. The number of hydrazone groups is 1. The maximum atomic E-state index is 12.0. The van der Waals surface area contributed by atoms with E-state index in [9.17, 15) is 4.79 Å². The summed E-state index contributed by atoms with van der Waals surface area (Å²) in [6.45, 7) is 2.03. The number of thioether (sulfide) groups is 1. The highest BCUT2D eigenvalue weighted by molar-refractivity contribution is 8.15. The fraction of sp³-hybridized carbons (Fsp3) is 0.167. The van der Waals surface area contributed by atoms with E-state index in [0.29, 0.717) is 10.9 Å². The Kier molecular flexibility index (Phi) is 4.96. The van der Waals surface area contributed by atoms with Crippen LogP contribution in [0.1, 0.15) is 11.1 Å². The van der Waals surface area contributed by atoms with Crippen molar-refractivity contribution in [1.82, 2.24) is 5.01 Å². The Balaban J connectivity index is 1.80. The number of methoxy groups -OCH3 is 1. The number of carbonyl (C=O) groups is 1. The average molecular weight is 339 g/mol. The third kappa shape index (κ3) is 3.83. The zero-order valence-corrected chi connectivity index (χ0v) is 14.3. The molecule has 0 spiro atoms. The van der Waals surface area contributed by atoms with Crippen molar-refractivity contribution in [2.24, 2.45) is 10.1 Å². The number of ether oxygens (including phenoxy) is 1. The van der Waals surface area contributed by atoms with Crippen molar-refractivity contribution in [3.05, 3.63) is 59.7 Å². The minimum atomic E-state index is -0.0735. The molecule has 6 heteroatoms. The van der Waals surface area contributed by atoms with Crippen LogP contribution in [-0.2, 0) is 4.79 Å². The van der Waals surface area contributed by atoms with Crippen LogP contribution in [0, 0.1) is 6.92 Å². The summed E-state index contributed by atoms with van der Waals surface area (Å²) < 4.78 is 5.13. The third-order valence-corrected chi connectivity index (χ3v) is 4.35. The second-order valence-electron chi connectivity index (χ2n) is 5.24. The molecule has 1 amide bonds. The molecule has 122 valence electrons. The van der Waals surface area contributed by atoms with Gasteiger partial charge in [-0.2, -0.15) is 10.1 Å². The van der Waals surface area contributed by atoms with Gasteiger partial charge in [0.05, 0.1) is 24.8 Å². The molecule has 0 N–H and O–H groups in total. The Morgan fingerprint density at radius 2 is 1.83 bits per heavy atom. The number of nitrogens with zero attached hydrogens (tertiary/aromatic N) is 3. The van der Waals surface area contributed by atoms with E-state index in [4.69, 9.17) is 4.74 Å². The predicted molar refractivity (Wildman–Crippen MR) is 98.2 cm³/mol. The van der Waals surface area contributed by atoms with Gasteiger partial charge in [-0.3, -0.25) is 4.79 Å². The molecule has 24 heavy (non-hydrogen) atoms. The molecular formula is C18H17N3O2S. The SMILES string of the molecule is COc1ccc(N=C2SCC(=O)N2/N=C/c2ccc(C)cc2)cc1. The van der Waals surface area contributed by atoms with Crippen LogP contribution in [0.2, 0.25) is 0 Å². The highest BCUT2D eigenvalue weighted by atomic mass is 32.2. The smallest absolute Gasteiger partial charge is 0.259 e. The van der Waals surface area contributed by atoms with Gasteiger partial charge in [0.1, 0.15) is 5.75 Å². The van der Waals surface area contributed by atoms with E-state index in [2.05, 4.69) is 10.1 Å². The normalized spacial score (nSPS) is 16.3. The van der Waals surface area contributed by atoms with Gasteiger partial charge in [-0.15, -0.1) is 0 Å². The number of rotatable bonds is 4. The van der Waals surface area contributed by atoms with Crippen molar-refractivity contribution in [1.29, 1.82) is 0 Å². The molecule has 1 fully saturated rings. The van der Waals surface area contributed by atoms with E-state index in [1.54, 1.807) is 13.3 Å². The van der Waals surface area contributed by atoms with Gasteiger partial charge >= 0.3 is 0 Å². The molecule has 2 aromatic rings. The number of benzene rings is 2. The van der Waals surface area contributed by atoms with E-state index in [1.165, 1.54) is 22.3 Å². The molecule has 1 heterocycles. The van der Waals surface area contributed by atoms with Crippen LogP contribution >= 0.6 is 11.8 Å². The van der Waals surface area contributed by atoms with Crippen LogP contribution in [0.4, 0.5) is 5.69 Å². The summed E-state index contributed by atoms with van der Waals surface area (Å²) in [5.74, 6) is 1.04. The lowest BCUT2D eigenvalue weighted by Crippen LogP contribution is -2.23. The summed E-state index contributed by atoms with van der Waals surface area (Å²) in [4.78, 5) is 16.5. The molecule has 0 bridgehead atoms.